The first kappa shape index (κ1) is 32.5. The van der Waals surface area contributed by atoms with Gasteiger partial charge in [-0.15, -0.1) is 0 Å². The summed E-state index contributed by atoms with van der Waals surface area (Å²) in [5, 5.41) is 14.9. The lowest BCUT2D eigenvalue weighted by Gasteiger charge is -2.25. The fraction of sp³-hybridized carbons (Fsp3) is 0.303. The Bertz CT molecular complexity index is 1870. The number of carboxylic acids is 1. The second-order valence-electron chi connectivity index (χ2n) is 11.0. The van der Waals surface area contributed by atoms with Crippen LogP contribution in [0.2, 0.25) is 0 Å². The van der Waals surface area contributed by atoms with Crippen LogP contribution in [0.4, 0.5) is 27.6 Å². The molecule has 0 fully saturated rings. The van der Waals surface area contributed by atoms with Crippen molar-refractivity contribution < 1.29 is 41.4 Å². The second kappa shape index (κ2) is 12.8. The maximum absolute atomic E-state index is 14.9. The molecule has 0 bridgehead atoms. The van der Waals surface area contributed by atoms with Crippen LogP contribution in [0.1, 0.15) is 41.3 Å². The summed E-state index contributed by atoms with van der Waals surface area (Å²) in [6.07, 6.45) is -4.28. The van der Waals surface area contributed by atoms with Crippen LogP contribution in [0, 0.1) is 11.6 Å². The van der Waals surface area contributed by atoms with Gasteiger partial charge in [-0.1, -0.05) is 37.3 Å². The van der Waals surface area contributed by atoms with Gasteiger partial charge >= 0.3 is 12.1 Å². The minimum atomic E-state index is -4.68. The van der Waals surface area contributed by atoms with Gasteiger partial charge in [0.2, 0.25) is 0 Å². The zero-order chi connectivity index (χ0) is 33.3. The van der Waals surface area contributed by atoms with Crippen molar-refractivity contribution in [3.05, 3.63) is 93.3 Å². The normalized spacial score (nSPS) is 14.2. The average Bonchev–Trinajstić information content (AvgIpc) is 3.00. The van der Waals surface area contributed by atoms with E-state index in [2.05, 4.69) is 5.32 Å². The highest BCUT2D eigenvalue weighted by Crippen LogP contribution is 2.38. The molecule has 8 nitrogen and oxygen atoms in total. The number of carboxylic acid groups (broad SMARTS) is 1. The molecule has 13 heteroatoms. The molecule has 0 saturated carbocycles. The first-order valence-corrected chi connectivity index (χ1v) is 14.5. The van der Waals surface area contributed by atoms with Crippen LogP contribution >= 0.6 is 0 Å². The van der Waals surface area contributed by atoms with Crippen LogP contribution in [0.5, 0.6) is 5.75 Å². The van der Waals surface area contributed by atoms with Gasteiger partial charge in [0.05, 0.1) is 17.7 Å². The summed E-state index contributed by atoms with van der Waals surface area (Å²) in [5.41, 5.74) is 0.862. The van der Waals surface area contributed by atoms with Crippen LogP contribution in [0.3, 0.4) is 0 Å². The van der Waals surface area contributed by atoms with E-state index in [1.807, 2.05) is 29.6 Å². The zero-order valence-electron chi connectivity index (χ0n) is 24.8. The lowest BCUT2D eigenvalue weighted by molar-refractivity contribution is -0.143. The van der Waals surface area contributed by atoms with E-state index < -0.39 is 59.4 Å². The van der Waals surface area contributed by atoms with E-state index >= 15 is 0 Å². The van der Waals surface area contributed by atoms with Crippen molar-refractivity contribution in [3.8, 4) is 16.9 Å². The summed E-state index contributed by atoms with van der Waals surface area (Å²) in [5.74, 6) is -5.39. The summed E-state index contributed by atoms with van der Waals surface area (Å²) in [7, 11) is 1.66. The molecule has 2 unspecified atom stereocenters. The van der Waals surface area contributed by atoms with Crippen molar-refractivity contribution in [2.24, 2.45) is 7.05 Å². The maximum atomic E-state index is 14.9. The average molecular weight is 644 g/mol. The van der Waals surface area contributed by atoms with Crippen LogP contribution in [-0.4, -0.2) is 46.4 Å². The van der Waals surface area contributed by atoms with Crippen molar-refractivity contribution in [1.29, 1.82) is 0 Å². The Hall–Kier alpha value is -4.94. The largest absolute Gasteiger partial charge is 0.493 e. The van der Waals surface area contributed by atoms with Crippen molar-refractivity contribution in [1.82, 2.24) is 9.88 Å². The highest BCUT2D eigenvalue weighted by molar-refractivity contribution is 5.97. The highest BCUT2D eigenvalue weighted by Gasteiger charge is 2.38. The van der Waals surface area contributed by atoms with E-state index in [0.717, 1.165) is 10.9 Å². The van der Waals surface area contributed by atoms with Gasteiger partial charge in [-0.3, -0.25) is 9.59 Å². The van der Waals surface area contributed by atoms with E-state index in [1.165, 1.54) is 11.5 Å². The van der Waals surface area contributed by atoms with Gasteiger partial charge in [-0.25, -0.2) is 13.6 Å². The molecule has 4 aromatic rings. The predicted molar refractivity (Wildman–Crippen MR) is 161 cm³/mol. The lowest BCUT2D eigenvalue weighted by Crippen LogP contribution is -2.43. The third kappa shape index (κ3) is 6.40. The minimum Gasteiger partial charge on any atom is -0.493 e. The second-order valence-corrected chi connectivity index (χ2v) is 11.0. The minimum absolute atomic E-state index is 0.257. The summed E-state index contributed by atoms with van der Waals surface area (Å²) in [6.45, 7) is 1.61. The summed E-state index contributed by atoms with van der Waals surface area (Å²) in [6, 6.07) is 9.80. The number of pyridine rings is 1. The molecular formula is C33H30F5N3O5. The molecule has 3 N–H and O–H groups in total. The van der Waals surface area contributed by atoms with Crippen LogP contribution < -0.4 is 20.9 Å². The van der Waals surface area contributed by atoms with E-state index in [1.54, 1.807) is 25.2 Å². The predicted octanol–water partition coefficient (Wildman–Crippen LogP) is 5.99. The molecule has 242 valence electrons. The summed E-state index contributed by atoms with van der Waals surface area (Å²) >= 11 is 0. The summed E-state index contributed by atoms with van der Waals surface area (Å²) in [4.78, 5) is 38.5. The molecule has 1 amide bonds. The molecule has 3 aromatic carbocycles. The SMILES string of the molecule is CCC(Nc1cc(F)c(C(=O)NC(Cc2ccc(-c3cc4ccccc4n(C)c3=O)c3c2CCCO3)C(=O)O)c(F)c1)C(F)(F)F. The number of carbonyl (C=O) groups excluding carboxylic acids is 1. The number of aryl methyl sites for hydroxylation is 1. The number of rotatable bonds is 9. The third-order valence-electron chi connectivity index (χ3n) is 8.04. The van der Waals surface area contributed by atoms with Crippen molar-refractivity contribution in [2.45, 2.75) is 50.9 Å². The number of carbonyl (C=O) groups is 2. The molecular weight excluding hydrogens is 613 g/mol. The van der Waals surface area contributed by atoms with E-state index in [4.69, 9.17) is 4.74 Å². The van der Waals surface area contributed by atoms with Gasteiger partial charge in [-0.2, -0.15) is 13.2 Å². The smallest absolute Gasteiger partial charge is 0.408 e. The lowest BCUT2D eigenvalue weighted by atomic mass is 9.90. The molecule has 1 aromatic heterocycles. The number of halogens is 5. The quantitative estimate of drug-likeness (QED) is 0.194. The van der Waals surface area contributed by atoms with Gasteiger partial charge in [0, 0.05) is 24.7 Å². The first-order valence-electron chi connectivity index (χ1n) is 14.5. The number of para-hydroxylation sites is 1. The molecule has 0 radical (unpaired) electrons. The van der Waals surface area contributed by atoms with Gasteiger partial charge < -0.3 is 25.0 Å². The Balaban J connectivity index is 1.43. The number of alkyl halides is 3. The number of hydrogen-bond donors (Lipinski definition) is 3. The number of fused-ring (bicyclic) bond motifs is 2. The number of benzene rings is 3. The topological polar surface area (TPSA) is 110 Å². The number of ether oxygens (including phenoxy) is 1. The molecule has 0 spiro atoms. The van der Waals surface area contributed by atoms with E-state index in [-0.39, 0.29) is 12.0 Å². The molecule has 2 heterocycles. The summed E-state index contributed by atoms with van der Waals surface area (Å²) < 4.78 is 76.6. The number of hydrogen-bond acceptors (Lipinski definition) is 5. The molecule has 2 atom stereocenters. The van der Waals surface area contributed by atoms with Crippen LogP contribution in [0.25, 0.3) is 22.0 Å². The fourth-order valence-electron chi connectivity index (χ4n) is 5.69. The molecule has 46 heavy (non-hydrogen) atoms. The number of anilines is 1. The standard InChI is InChI=1S/C33H30F5N3O5/c1-3-27(33(36,37)38)39-19-15-23(34)28(24(35)16-19)30(42)40-25(32(44)45)14-17-10-11-21(29-20(17)8-6-12-46-29)22-13-18-7-4-5-9-26(18)41(2)31(22)43/h4-5,7,9-11,13,15-16,25,27,39H,3,6,8,12,14H2,1-2H3,(H,40,42)(H,44,45). The molecule has 1 aliphatic heterocycles. The monoisotopic (exact) mass is 643 g/mol. The molecule has 0 saturated heterocycles. The van der Waals surface area contributed by atoms with Gasteiger partial charge in [-0.05, 0) is 60.0 Å². The van der Waals surface area contributed by atoms with Crippen LogP contribution in [-0.2, 0) is 24.7 Å². The number of nitrogens with zero attached hydrogens (tertiary/aromatic N) is 1. The van der Waals surface area contributed by atoms with Gasteiger partial charge in [0.15, 0.2) is 0 Å². The molecule has 1 aliphatic rings. The maximum Gasteiger partial charge on any atom is 0.408 e. The number of amides is 1. The Morgan fingerprint density at radius 2 is 1.74 bits per heavy atom. The number of aromatic nitrogens is 1. The Labute approximate surface area is 259 Å². The Morgan fingerprint density at radius 3 is 2.39 bits per heavy atom. The fourth-order valence-corrected chi connectivity index (χ4v) is 5.69. The molecule has 0 aliphatic carbocycles. The number of aliphatic carboxylic acids is 1. The van der Waals surface area contributed by atoms with Crippen molar-refractivity contribution in [3.63, 3.8) is 0 Å². The molecule has 5 rings (SSSR count). The van der Waals surface area contributed by atoms with E-state index in [9.17, 15) is 41.4 Å². The highest BCUT2D eigenvalue weighted by atomic mass is 19.4. The van der Waals surface area contributed by atoms with Crippen molar-refractivity contribution in [2.75, 3.05) is 11.9 Å². The third-order valence-corrected chi connectivity index (χ3v) is 8.04. The zero-order valence-corrected chi connectivity index (χ0v) is 24.8. The van der Waals surface area contributed by atoms with E-state index in [0.29, 0.717) is 59.6 Å². The first-order chi connectivity index (χ1) is 21.8. The number of nitrogens with one attached hydrogen (secondary N) is 2. The van der Waals surface area contributed by atoms with Gasteiger partial charge in [0.1, 0.15) is 35.0 Å². The Morgan fingerprint density at radius 1 is 1.04 bits per heavy atom. The van der Waals surface area contributed by atoms with Gasteiger partial charge in [0.25, 0.3) is 11.5 Å². The van der Waals surface area contributed by atoms with Crippen LogP contribution in [0.15, 0.2) is 59.4 Å². The Kier molecular flexibility index (Phi) is 9.04. The van der Waals surface area contributed by atoms with Crippen molar-refractivity contribution >= 4 is 28.5 Å².